The number of hydrogen-bond acceptors (Lipinski definition) is 2. The molecule has 1 N–H and O–H groups in total. The summed E-state index contributed by atoms with van der Waals surface area (Å²) in [6.45, 7) is 3.26. The van der Waals surface area contributed by atoms with Crippen LogP contribution in [0.25, 0.3) is 5.57 Å². The van der Waals surface area contributed by atoms with Crippen LogP contribution in [0.2, 0.25) is 0 Å². The number of aromatic nitrogens is 1. The predicted octanol–water partition coefficient (Wildman–Crippen LogP) is 3.37. The van der Waals surface area contributed by atoms with Crippen LogP contribution in [0.5, 0.6) is 0 Å². The van der Waals surface area contributed by atoms with Gasteiger partial charge in [-0.1, -0.05) is 12.1 Å². The molecular weight excluding hydrogens is 357 g/mol. The van der Waals surface area contributed by atoms with Gasteiger partial charge in [0.1, 0.15) is 5.82 Å². The van der Waals surface area contributed by atoms with Crippen LogP contribution in [0.1, 0.15) is 29.7 Å². The molecule has 5 nitrogen and oxygen atoms in total. The Balaban J connectivity index is 1.67. The molecule has 0 saturated carbocycles. The Kier molecular flexibility index (Phi) is 6.29. The molecule has 1 saturated heterocycles. The second-order valence-corrected chi connectivity index (χ2v) is 7.40. The summed E-state index contributed by atoms with van der Waals surface area (Å²) in [7, 11) is 1.62. The van der Waals surface area contributed by atoms with Gasteiger partial charge in [-0.2, -0.15) is 0 Å². The van der Waals surface area contributed by atoms with Gasteiger partial charge in [0.15, 0.2) is 0 Å². The molecule has 1 aromatic heterocycles. The van der Waals surface area contributed by atoms with E-state index in [1.54, 1.807) is 19.4 Å². The van der Waals surface area contributed by atoms with E-state index in [1.165, 1.54) is 17.0 Å². The van der Waals surface area contributed by atoms with E-state index in [-0.39, 0.29) is 11.7 Å². The molecular formula is C22H26FN3O2. The zero-order chi connectivity index (χ0) is 20.1. The molecule has 3 rings (SSSR count). The van der Waals surface area contributed by atoms with Crippen molar-refractivity contribution in [3.05, 3.63) is 65.4 Å². The number of rotatable bonds is 6. The second-order valence-electron chi connectivity index (χ2n) is 7.40. The minimum absolute atomic E-state index is 0.0587. The second kappa shape index (κ2) is 8.87. The third kappa shape index (κ3) is 4.68. The highest BCUT2D eigenvalue weighted by atomic mass is 19.1. The van der Waals surface area contributed by atoms with Crippen molar-refractivity contribution in [1.29, 1.82) is 0 Å². The molecule has 0 bridgehead atoms. The highest BCUT2D eigenvalue weighted by molar-refractivity contribution is 6.19. The molecule has 2 amide bonds. The number of carbonyl (C=O) groups is 2. The Bertz CT molecular complexity index is 849. The Morgan fingerprint density at radius 3 is 2.50 bits per heavy atom. The number of amides is 2. The summed E-state index contributed by atoms with van der Waals surface area (Å²) in [5.41, 5.74) is 3.35. The summed E-state index contributed by atoms with van der Waals surface area (Å²) < 4.78 is 13.1. The van der Waals surface area contributed by atoms with Crippen molar-refractivity contribution in [1.82, 2.24) is 14.8 Å². The quantitative estimate of drug-likeness (QED) is 0.614. The average Bonchev–Trinajstić information content (AvgIpc) is 3.13. The number of H-pyrrole nitrogens is 1. The van der Waals surface area contributed by atoms with Crippen LogP contribution in [0, 0.1) is 18.7 Å². The van der Waals surface area contributed by atoms with Gasteiger partial charge in [-0.3, -0.25) is 9.59 Å². The number of likely N-dealkylation sites (tertiary alicyclic amines) is 1. The molecule has 1 aliphatic rings. The number of halogens is 1. The fraction of sp³-hybridized carbons (Fsp3) is 0.364. The molecule has 2 heterocycles. The van der Waals surface area contributed by atoms with Crippen LogP contribution in [0.4, 0.5) is 4.39 Å². The van der Waals surface area contributed by atoms with Crippen LogP contribution in [-0.2, 0) is 16.0 Å². The third-order valence-corrected chi connectivity index (χ3v) is 5.31. The first-order valence-electron chi connectivity index (χ1n) is 9.55. The van der Waals surface area contributed by atoms with Crippen LogP contribution in [0.3, 0.4) is 0 Å². The number of nitrogens with one attached hydrogen (secondary N) is 1. The van der Waals surface area contributed by atoms with Crippen molar-refractivity contribution in [2.24, 2.45) is 5.92 Å². The number of aromatic amines is 1. The fourth-order valence-electron chi connectivity index (χ4n) is 3.68. The number of aryl methyl sites for hydroxylation is 1. The van der Waals surface area contributed by atoms with E-state index in [1.807, 2.05) is 30.0 Å². The maximum Gasteiger partial charge on any atom is 0.256 e. The molecule has 6 heteroatoms. The summed E-state index contributed by atoms with van der Waals surface area (Å²) >= 11 is 0. The van der Waals surface area contributed by atoms with Crippen LogP contribution in [-0.4, -0.2) is 47.2 Å². The highest BCUT2D eigenvalue weighted by Gasteiger charge is 2.27. The van der Waals surface area contributed by atoms with E-state index in [2.05, 4.69) is 4.98 Å². The van der Waals surface area contributed by atoms with Crippen LogP contribution in [0.15, 0.2) is 42.7 Å². The van der Waals surface area contributed by atoms with Crippen molar-refractivity contribution in [3.8, 4) is 0 Å². The SMILES string of the molecule is Cc1[nH]ccc1/C(=C\N(C)C=O)C(=O)N1CCC(Cc2ccc(F)cc2)CC1. The number of carbonyl (C=O) groups excluding carboxylic acids is 2. The summed E-state index contributed by atoms with van der Waals surface area (Å²) in [5.74, 6) is 0.203. The third-order valence-electron chi connectivity index (χ3n) is 5.31. The predicted molar refractivity (Wildman–Crippen MR) is 107 cm³/mol. The van der Waals surface area contributed by atoms with Gasteiger partial charge < -0.3 is 14.8 Å². The molecule has 148 valence electrons. The molecule has 28 heavy (non-hydrogen) atoms. The topological polar surface area (TPSA) is 56.4 Å². The molecule has 0 radical (unpaired) electrons. The summed E-state index contributed by atoms with van der Waals surface area (Å²) in [6.07, 6.45) is 6.79. The average molecular weight is 383 g/mol. The van der Waals surface area contributed by atoms with Crippen molar-refractivity contribution in [3.63, 3.8) is 0 Å². The molecule has 0 atom stereocenters. The number of nitrogens with zero attached hydrogens (tertiary/aromatic N) is 2. The first-order valence-corrected chi connectivity index (χ1v) is 9.55. The Morgan fingerprint density at radius 1 is 1.25 bits per heavy atom. The van der Waals surface area contributed by atoms with Gasteiger partial charge in [0.05, 0.1) is 5.57 Å². The van der Waals surface area contributed by atoms with Crippen molar-refractivity contribution in [2.45, 2.75) is 26.2 Å². The maximum absolute atomic E-state index is 13.2. The summed E-state index contributed by atoms with van der Waals surface area (Å²) in [4.78, 5) is 30.5. The van der Waals surface area contributed by atoms with E-state index >= 15 is 0 Å². The van der Waals surface area contributed by atoms with Gasteiger partial charge in [-0.15, -0.1) is 0 Å². The highest BCUT2D eigenvalue weighted by Crippen LogP contribution is 2.26. The monoisotopic (exact) mass is 383 g/mol. The Morgan fingerprint density at radius 2 is 1.93 bits per heavy atom. The van der Waals surface area contributed by atoms with Crippen molar-refractivity contribution in [2.75, 3.05) is 20.1 Å². The minimum atomic E-state index is -0.219. The maximum atomic E-state index is 13.2. The van der Waals surface area contributed by atoms with Crippen LogP contribution < -0.4 is 0 Å². The number of hydrogen-bond donors (Lipinski definition) is 1. The lowest BCUT2D eigenvalue weighted by Crippen LogP contribution is -2.39. The number of piperidine rings is 1. The first kappa shape index (κ1) is 19.9. The molecule has 0 spiro atoms. The van der Waals surface area contributed by atoms with E-state index in [4.69, 9.17) is 0 Å². The van der Waals surface area contributed by atoms with Gasteiger partial charge in [0, 0.05) is 43.8 Å². The Labute approximate surface area is 164 Å². The van der Waals surface area contributed by atoms with Crippen molar-refractivity contribution >= 4 is 17.9 Å². The summed E-state index contributed by atoms with van der Waals surface area (Å²) in [5, 5.41) is 0. The molecule has 0 unspecified atom stereocenters. The van der Waals surface area contributed by atoms with Crippen molar-refractivity contribution < 1.29 is 14.0 Å². The molecule has 0 aliphatic carbocycles. The lowest BCUT2D eigenvalue weighted by molar-refractivity contribution is -0.126. The zero-order valence-electron chi connectivity index (χ0n) is 16.3. The van der Waals surface area contributed by atoms with Crippen LogP contribution >= 0.6 is 0 Å². The molecule has 1 fully saturated rings. The van der Waals surface area contributed by atoms with E-state index in [0.29, 0.717) is 31.0 Å². The minimum Gasteiger partial charge on any atom is -0.365 e. The van der Waals surface area contributed by atoms with Gasteiger partial charge in [0.25, 0.3) is 5.91 Å². The fourth-order valence-corrected chi connectivity index (χ4v) is 3.68. The first-order chi connectivity index (χ1) is 13.5. The van der Waals surface area contributed by atoms with Gasteiger partial charge in [0.2, 0.25) is 6.41 Å². The molecule has 2 aromatic rings. The standard InChI is InChI=1S/C22H26FN3O2/c1-16-20(7-10-24-16)21(14-25(2)15-27)22(28)26-11-8-18(9-12-26)13-17-3-5-19(23)6-4-17/h3-7,10,14-15,18,24H,8-9,11-13H2,1-2H3/b21-14+. The van der Waals surface area contributed by atoms with Gasteiger partial charge >= 0.3 is 0 Å². The van der Waals surface area contributed by atoms with E-state index < -0.39 is 0 Å². The largest absolute Gasteiger partial charge is 0.365 e. The zero-order valence-corrected chi connectivity index (χ0v) is 16.3. The normalized spacial score (nSPS) is 15.5. The molecule has 1 aliphatic heterocycles. The van der Waals surface area contributed by atoms with E-state index in [9.17, 15) is 14.0 Å². The summed E-state index contributed by atoms with van der Waals surface area (Å²) in [6, 6.07) is 8.51. The van der Waals surface area contributed by atoms with Gasteiger partial charge in [-0.25, -0.2) is 4.39 Å². The molecule has 1 aromatic carbocycles. The Hall–Kier alpha value is -2.89. The lowest BCUT2D eigenvalue weighted by Gasteiger charge is -2.33. The lowest BCUT2D eigenvalue weighted by atomic mass is 9.89. The smallest absolute Gasteiger partial charge is 0.256 e. The van der Waals surface area contributed by atoms with Gasteiger partial charge in [-0.05, 0) is 55.9 Å². The number of benzene rings is 1. The van der Waals surface area contributed by atoms with E-state index in [0.717, 1.165) is 36.1 Å².